The molecule has 0 amide bonds. The van der Waals surface area contributed by atoms with Gasteiger partial charge >= 0.3 is 5.97 Å². The van der Waals surface area contributed by atoms with Crippen molar-refractivity contribution < 1.29 is 9.53 Å². The Balaban J connectivity index is 3.52. The molecular weight excluding hydrogens is 248 g/mol. The summed E-state index contributed by atoms with van der Waals surface area (Å²) in [6, 6.07) is 0. The van der Waals surface area contributed by atoms with Crippen LogP contribution < -0.4 is 0 Å². The molecule has 0 bridgehead atoms. The topological polar surface area (TPSA) is 26.3 Å². The van der Waals surface area contributed by atoms with E-state index in [2.05, 4.69) is 20.8 Å². The fourth-order valence-electron chi connectivity index (χ4n) is 2.44. The first-order valence-corrected chi connectivity index (χ1v) is 8.81. The average Bonchev–Trinajstić information content (AvgIpc) is 2.43. The molecule has 0 aromatic heterocycles. The van der Waals surface area contributed by atoms with E-state index in [1.807, 2.05) is 6.92 Å². The van der Waals surface area contributed by atoms with Crippen LogP contribution in [0.3, 0.4) is 0 Å². The number of hydrogen-bond acceptors (Lipinski definition) is 2. The van der Waals surface area contributed by atoms with E-state index in [9.17, 15) is 4.79 Å². The van der Waals surface area contributed by atoms with Crippen LogP contribution in [0.15, 0.2) is 0 Å². The molecule has 0 radical (unpaired) electrons. The van der Waals surface area contributed by atoms with Gasteiger partial charge in [0.15, 0.2) is 0 Å². The van der Waals surface area contributed by atoms with Gasteiger partial charge in [-0.05, 0) is 18.8 Å². The number of unbranched alkanes of at least 4 members (excludes halogenated alkanes) is 8. The SMILES string of the molecule is CCCCCCCCCCCC(OC(=O)CC)C(C)C. The fourth-order valence-corrected chi connectivity index (χ4v) is 2.44. The minimum absolute atomic E-state index is 0.0559. The molecule has 2 nitrogen and oxygen atoms in total. The van der Waals surface area contributed by atoms with Crippen LogP contribution in [0.1, 0.15) is 98.3 Å². The van der Waals surface area contributed by atoms with Crippen molar-refractivity contribution in [3.63, 3.8) is 0 Å². The summed E-state index contributed by atoms with van der Waals surface area (Å²) in [4.78, 5) is 11.4. The summed E-state index contributed by atoms with van der Waals surface area (Å²) in [5.74, 6) is 0.374. The Morgan fingerprint density at radius 2 is 1.35 bits per heavy atom. The Hall–Kier alpha value is -0.530. The van der Waals surface area contributed by atoms with Gasteiger partial charge in [0.25, 0.3) is 0 Å². The highest BCUT2D eigenvalue weighted by atomic mass is 16.5. The largest absolute Gasteiger partial charge is 0.462 e. The molecule has 0 saturated heterocycles. The van der Waals surface area contributed by atoms with Crippen LogP contribution in [0.25, 0.3) is 0 Å². The first-order chi connectivity index (χ1) is 9.61. The standard InChI is InChI=1S/C18H36O2/c1-5-7-8-9-10-11-12-13-14-15-17(16(3)4)20-18(19)6-2/h16-17H,5-15H2,1-4H3. The van der Waals surface area contributed by atoms with E-state index in [1.54, 1.807) is 0 Å². The lowest BCUT2D eigenvalue weighted by Gasteiger charge is -2.21. The monoisotopic (exact) mass is 284 g/mol. The molecule has 0 aliphatic rings. The van der Waals surface area contributed by atoms with Gasteiger partial charge in [0.05, 0.1) is 0 Å². The smallest absolute Gasteiger partial charge is 0.305 e. The number of ether oxygens (including phenoxy) is 1. The summed E-state index contributed by atoms with van der Waals surface area (Å²) in [6.45, 7) is 8.40. The van der Waals surface area contributed by atoms with E-state index in [0.29, 0.717) is 12.3 Å². The number of hydrogen-bond donors (Lipinski definition) is 0. The molecule has 0 spiro atoms. The quantitative estimate of drug-likeness (QED) is 0.311. The van der Waals surface area contributed by atoms with Crippen LogP contribution in [-0.2, 0) is 9.53 Å². The third-order valence-electron chi connectivity index (χ3n) is 3.91. The lowest BCUT2D eigenvalue weighted by atomic mass is 9.99. The number of esters is 1. The fraction of sp³-hybridized carbons (Fsp3) is 0.944. The van der Waals surface area contributed by atoms with Crippen molar-refractivity contribution in [1.82, 2.24) is 0 Å². The van der Waals surface area contributed by atoms with Gasteiger partial charge < -0.3 is 4.74 Å². The van der Waals surface area contributed by atoms with E-state index in [0.717, 1.165) is 6.42 Å². The van der Waals surface area contributed by atoms with E-state index in [-0.39, 0.29) is 12.1 Å². The first-order valence-electron chi connectivity index (χ1n) is 8.81. The average molecular weight is 284 g/mol. The van der Waals surface area contributed by atoms with Crippen LogP contribution in [0, 0.1) is 5.92 Å². The van der Waals surface area contributed by atoms with Crippen molar-refractivity contribution >= 4 is 5.97 Å². The normalized spacial score (nSPS) is 12.7. The maximum absolute atomic E-state index is 11.4. The molecule has 0 N–H and O–H groups in total. The number of carbonyl (C=O) groups excluding carboxylic acids is 1. The zero-order chi connectivity index (χ0) is 15.2. The molecule has 0 aromatic rings. The minimum atomic E-state index is -0.0559. The van der Waals surface area contributed by atoms with Crippen LogP contribution >= 0.6 is 0 Å². The van der Waals surface area contributed by atoms with Gasteiger partial charge in [-0.3, -0.25) is 4.79 Å². The highest BCUT2D eigenvalue weighted by Gasteiger charge is 2.16. The van der Waals surface area contributed by atoms with Crippen molar-refractivity contribution in [2.24, 2.45) is 5.92 Å². The van der Waals surface area contributed by atoms with Crippen molar-refractivity contribution in [1.29, 1.82) is 0 Å². The molecule has 2 heteroatoms. The second-order valence-electron chi connectivity index (χ2n) is 6.24. The van der Waals surface area contributed by atoms with Gasteiger partial charge in [0.1, 0.15) is 6.10 Å². The summed E-state index contributed by atoms with van der Waals surface area (Å²) >= 11 is 0. The van der Waals surface area contributed by atoms with Crippen molar-refractivity contribution in [3.8, 4) is 0 Å². The van der Waals surface area contributed by atoms with Gasteiger partial charge in [-0.15, -0.1) is 0 Å². The van der Waals surface area contributed by atoms with Crippen LogP contribution in [0.5, 0.6) is 0 Å². The lowest BCUT2D eigenvalue weighted by molar-refractivity contribution is -0.151. The molecule has 120 valence electrons. The Bertz CT molecular complexity index is 223. The van der Waals surface area contributed by atoms with E-state index < -0.39 is 0 Å². The highest BCUT2D eigenvalue weighted by Crippen LogP contribution is 2.17. The van der Waals surface area contributed by atoms with Crippen molar-refractivity contribution in [2.75, 3.05) is 0 Å². The van der Waals surface area contributed by atoms with Gasteiger partial charge in [-0.25, -0.2) is 0 Å². The summed E-state index contributed by atoms with van der Waals surface area (Å²) in [7, 11) is 0. The van der Waals surface area contributed by atoms with Crippen molar-refractivity contribution in [3.05, 3.63) is 0 Å². The third kappa shape index (κ3) is 11.3. The first kappa shape index (κ1) is 19.5. The Labute approximate surface area is 126 Å². The predicted octanol–water partition coefficient (Wildman–Crippen LogP) is 5.89. The molecular formula is C18H36O2. The van der Waals surface area contributed by atoms with Crippen LogP contribution in [0.2, 0.25) is 0 Å². The van der Waals surface area contributed by atoms with Gasteiger partial charge in [-0.2, -0.15) is 0 Å². The summed E-state index contributed by atoms with van der Waals surface area (Å²) in [5, 5.41) is 0. The second kappa shape index (κ2) is 13.5. The number of carbonyl (C=O) groups is 1. The molecule has 0 fully saturated rings. The molecule has 0 aromatic carbocycles. The van der Waals surface area contributed by atoms with Crippen molar-refractivity contribution in [2.45, 2.75) is 104 Å². The predicted molar refractivity (Wildman–Crippen MR) is 86.9 cm³/mol. The Kier molecular flexibility index (Phi) is 13.1. The van der Waals surface area contributed by atoms with E-state index in [4.69, 9.17) is 4.74 Å². The molecule has 0 aliphatic heterocycles. The van der Waals surface area contributed by atoms with E-state index >= 15 is 0 Å². The summed E-state index contributed by atoms with van der Waals surface area (Å²) in [6.07, 6.45) is 13.7. The lowest BCUT2D eigenvalue weighted by Crippen LogP contribution is -2.23. The molecule has 20 heavy (non-hydrogen) atoms. The zero-order valence-corrected chi connectivity index (χ0v) is 14.2. The number of rotatable bonds is 13. The van der Waals surface area contributed by atoms with Crippen LogP contribution in [-0.4, -0.2) is 12.1 Å². The third-order valence-corrected chi connectivity index (χ3v) is 3.91. The minimum Gasteiger partial charge on any atom is -0.462 e. The molecule has 1 unspecified atom stereocenters. The molecule has 0 rings (SSSR count). The zero-order valence-electron chi connectivity index (χ0n) is 14.2. The van der Waals surface area contributed by atoms with Crippen LogP contribution in [0.4, 0.5) is 0 Å². The summed E-state index contributed by atoms with van der Waals surface area (Å²) < 4.78 is 5.49. The van der Waals surface area contributed by atoms with Gasteiger partial charge in [0.2, 0.25) is 0 Å². The molecule has 0 saturated carbocycles. The summed E-state index contributed by atoms with van der Waals surface area (Å²) in [5.41, 5.74) is 0. The maximum Gasteiger partial charge on any atom is 0.305 e. The Morgan fingerprint density at radius 1 is 0.850 bits per heavy atom. The van der Waals surface area contributed by atoms with E-state index in [1.165, 1.54) is 57.8 Å². The molecule has 0 heterocycles. The Morgan fingerprint density at radius 3 is 1.80 bits per heavy atom. The highest BCUT2D eigenvalue weighted by molar-refractivity contribution is 5.69. The van der Waals surface area contributed by atoms with Gasteiger partial charge in [0, 0.05) is 6.42 Å². The van der Waals surface area contributed by atoms with Gasteiger partial charge in [-0.1, -0.05) is 79.1 Å². The second-order valence-corrected chi connectivity index (χ2v) is 6.24. The molecule has 0 aliphatic carbocycles. The maximum atomic E-state index is 11.4. The molecule has 1 atom stereocenters.